The van der Waals surface area contributed by atoms with Crippen molar-refractivity contribution < 1.29 is 9.59 Å². The lowest BCUT2D eigenvalue weighted by atomic mass is 10.2. The summed E-state index contributed by atoms with van der Waals surface area (Å²) in [7, 11) is 0. The Labute approximate surface area is 171 Å². The number of nitrogens with one attached hydrogen (secondary N) is 2. The van der Waals surface area contributed by atoms with Crippen LogP contribution in [0.2, 0.25) is 0 Å². The molecule has 0 spiro atoms. The second-order valence-electron chi connectivity index (χ2n) is 6.05. The molecule has 0 aliphatic carbocycles. The quantitative estimate of drug-likeness (QED) is 0.552. The number of thiophene rings is 1. The average molecular weight is 416 g/mol. The lowest BCUT2D eigenvalue weighted by molar-refractivity contribution is -0.119. The third kappa shape index (κ3) is 5.93. The van der Waals surface area contributed by atoms with Gasteiger partial charge in [-0.1, -0.05) is 48.2 Å². The molecular formula is C19H21N5O2S2. The Morgan fingerprint density at radius 3 is 2.79 bits per heavy atom. The molecule has 1 atom stereocenters. The summed E-state index contributed by atoms with van der Waals surface area (Å²) >= 11 is 2.99. The number of aromatic nitrogens is 3. The van der Waals surface area contributed by atoms with E-state index in [-0.39, 0.29) is 5.91 Å². The molecule has 0 saturated carbocycles. The number of hydrogen-bond acceptors (Lipinski definition) is 6. The number of thioether (sulfide) groups is 1. The van der Waals surface area contributed by atoms with Crippen LogP contribution < -0.4 is 10.6 Å². The zero-order valence-corrected chi connectivity index (χ0v) is 17.0. The van der Waals surface area contributed by atoms with Crippen molar-refractivity contribution in [2.75, 3.05) is 0 Å². The summed E-state index contributed by atoms with van der Waals surface area (Å²) in [5.41, 5.74) is 0.964. The lowest BCUT2D eigenvalue weighted by Crippen LogP contribution is -2.42. The van der Waals surface area contributed by atoms with E-state index in [1.807, 2.05) is 46.3 Å². The van der Waals surface area contributed by atoms with Crippen LogP contribution in [0.1, 0.15) is 17.4 Å². The van der Waals surface area contributed by atoms with Crippen LogP contribution in [0.3, 0.4) is 0 Å². The number of rotatable bonds is 8. The van der Waals surface area contributed by atoms with Gasteiger partial charge in [-0.25, -0.2) is 4.79 Å². The molecule has 1 aromatic carbocycles. The minimum absolute atomic E-state index is 0.360. The highest BCUT2D eigenvalue weighted by Crippen LogP contribution is 2.21. The fourth-order valence-electron chi connectivity index (χ4n) is 2.42. The number of carbonyl (C=O) groups excluding carboxylic acids is 2. The molecule has 1 unspecified atom stereocenters. The Kier molecular flexibility index (Phi) is 7.21. The van der Waals surface area contributed by atoms with Crippen LogP contribution in [0.15, 0.2) is 59.3 Å². The van der Waals surface area contributed by atoms with Crippen molar-refractivity contribution in [1.82, 2.24) is 25.4 Å². The van der Waals surface area contributed by atoms with Crippen LogP contribution in [0.5, 0.6) is 0 Å². The van der Waals surface area contributed by atoms with Gasteiger partial charge >= 0.3 is 6.03 Å². The maximum Gasteiger partial charge on any atom is 0.321 e. The van der Waals surface area contributed by atoms with E-state index < -0.39 is 11.3 Å². The molecule has 3 aromatic rings. The first-order valence-corrected chi connectivity index (χ1v) is 10.6. The third-order valence-electron chi connectivity index (χ3n) is 3.94. The molecule has 3 rings (SSSR count). The zero-order chi connectivity index (χ0) is 19.8. The molecule has 0 bridgehead atoms. The molecule has 7 nitrogen and oxygen atoms in total. The molecule has 0 saturated heterocycles. The molecule has 0 aliphatic heterocycles. The van der Waals surface area contributed by atoms with Gasteiger partial charge in [0.15, 0.2) is 5.16 Å². The van der Waals surface area contributed by atoms with Gasteiger partial charge in [0.1, 0.15) is 6.33 Å². The van der Waals surface area contributed by atoms with Crippen LogP contribution in [-0.4, -0.2) is 32.0 Å². The molecular weight excluding hydrogens is 394 g/mol. The molecule has 0 radical (unpaired) electrons. The van der Waals surface area contributed by atoms with E-state index in [1.165, 1.54) is 16.6 Å². The Bertz CT molecular complexity index is 896. The first-order valence-electron chi connectivity index (χ1n) is 8.81. The molecule has 146 valence electrons. The number of aryl methyl sites for hydroxylation is 2. The predicted octanol–water partition coefficient (Wildman–Crippen LogP) is 3.09. The van der Waals surface area contributed by atoms with Gasteiger partial charge in [0.05, 0.1) is 5.25 Å². The Morgan fingerprint density at radius 1 is 1.21 bits per heavy atom. The molecule has 0 aliphatic rings. The lowest BCUT2D eigenvalue weighted by Gasteiger charge is -2.12. The van der Waals surface area contributed by atoms with Gasteiger partial charge in [0, 0.05) is 18.0 Å². The van der Waals surface area contributed by atoms with Gasteiger partial charge < -0.3 is 9.88 Å². The molecule has 28 heavy (non-hydrogen) atoms. The fourth-order valence-corrected chi connectivity index (χ4v) is 3.97. The van der Waals surface area contributed by atoms with E-state index in [1.54, 1.807) is 24.6 Å². The summed E-state index contributed by atoms with van der Waals surface area (Å²) in [6.07, 6.45) is 2.54. The van der Waals surface area contributed by atoms with Gasteiger partial charge in [0.25, 0.3) is 0 Å². The van der Waals surface area contributed by atoms with E-state index >= 15 is 0 Å². The largest absolute Gasteiger partial charge is 0.334 e. The molecule has 0 fully saturated rings. The molecule has 3 amide bonds. The number of benzene rings is 1. The van der Waals surface area contributed by atoms with E-state index in [0.717, 1.165) is 18.5 Å². The number of imide groups is 1. The van der Waals surface area contributed by atoms with Crippen LogP contribution >= 0.6 is 23.1 Å². The van der Waals surface area contributed by atoms with E-state index in [2.05, 4.69) is 26.9 Å². The van der Waals surface area contributed by atoms with Crippen LogP contribution in [0, 0.1) is 0 Å². The minimum Gasteiger partial charge on any atom is -0.334 e. The maximum atomic E-state index is 12.3. The van der Waals surface area contributed by atoms with E-state index in [9.17, 15) is 9.59 Å². The summed E-state index contributed by atoms with van der Waals surface area (Å²) in [5.74, 6) is -0.372. The summed E-state index contributed by atoms with van der Waals surface area (Å²) in [4.78, 5) is 25.5. The second-order valence-corrected chi connectivity index (χ2v) is 8.39. The number of hydrogen-bond donors (Lipinski definition) is 2. The standard InChI is InChI=1S/C19H21N5O2S2/c1-14(17(25)22-18(26)20-12-15-6-3-2-4-7-15)28-19-23-21-13-24(19)10-9-16-8-5-11-27-16/h2-8,11,13-14H,9-10,12H2,1H3,(H2,20,22,25,26). The molecule has 2 N–H and O–H groups in total. The third-order valence-corrected chi connectivity index (χ3v) is 5.97. The van der Waals surface area contributed by atoms with Crippen LogP contribution in [0.25, 0.3) is 0 Å². The number of nitrogens with zero attached hydrogens (tertiary/aromatic N) is 3. The van der Waals surface area contributed by atoms with Crippen molar-refractivity contribution in [1.29, 1.82) is 0 Å². The van der Waals surface area contributed by atoms with Gasteiger partial charge in [-0.3, -0.25) is 10.1 Å². The first kappa shape index (κ1) is 20.1. The highest BCUT2D eigenvalue weighted by Gasteiger charge is 2.19. The summed E-state index contributed by atoms with van der Waals surface area (Å²) in [6.45, 7) is 2.84. The molecule has 2 heterocycles. The Hall–Kier alpha value is -2.65. The van der Waals surface area contributed by atoms with Crippen molar-refractivity contribution in [2.45, 2.75) is 36.8 Å². The van der Waals surface area contributed by atoms with Crippen molar-refractivity contribution >= 4 is 35.0 Å². The van der Waals surface area contributed by atoms with Crippen molar-refractivity contribution in [3.63, 3.8) is 0 Å². The second kappa shape index (κ2) is 10.0. The number of amides is 3. The van der Waals surface area contributed by atoms with Gasteiger partial charge in [0.2, 0.25) is 5.91 Å². The summed E-state index contributed by atoms with van der Waals surface area (Å²) in [6, 6.07) is 13.1. The molecule has 2 aromatic heterocycles. The fraction of sp³-hybridized carbons (Fsp3) is 0.263. The minimum atomic E-state index is -0.513. The van der Waals surface area contributed by atoms with Crippen molar-refractivity contribution in [3.05, 3.63) is 64.6 Å². The number of carbonyl (C=O) groups is 2. The Balaban J connectivity index is 1.46. The smallest absolute Gasteiger partial charge is 0.321 e. The summed E-state index contributed by atoms with van der Waals surface area (Å²) in [5, 5.41) is 15.3. The van der Waals surface area contributed by atoms with Gasteiger partial charge in [-0.05, 0) is 30.4 Å². The SMILES string of the molecule is CC(Sc1nncn1CCc1cccs1)C(=O)NC(=O)NCc1ccccc1. The highest BCUT2D eigenvalue weighted by atomic mass is 32.2. The van der Waals surface area contributed by atoms with Crippen LogP contribution in [0.4, 0.5) is 4.79 Å². The average Bonchev–Trinajstić information content (AvgIpc) is 3.37. The maximum absolute atomic E-state index is 12.3. The highest BCUT2D eigenvalue weighted by molar-refractivity contribution is 8.00. The van der Waals surface area contributed by atoms with E-state index in [0.29, 0.717) is 11.7 Å². The molecule has 9 heteroatoms. The Morgan fingerprint density at radius 2 is 2.04 bits per heavy atom. The predicted molar refractivity (Wildman–Crippen MR) is 110 cm³/mol. The summed E-state index contributed by atoms with van der Waals surface area (Å²) < 4.78 is 1.92. The van der Waals surface area contributed by atoms with Crippen molar-refractivity contribution in [2.24, 2.45) is 0 Å². The first-order chi connectivity index (χ1) is 13.6. The topological polar surface area (TPSA) is 88.9 Å². The van der Waals surface area contributed by atoms with Crippen LogP contribution in [-0.2, 0) is 24.3 Å². The van der Waals surface area contributed by atoms with Crippen molar-refractivity contribution in [3.8, 4) is 0 Å². The monoisotopic (exact) mass is 415 g/mol. The van der Waals surface area contributed by atoms with Gasteiger partial charge in [-0.2, -0.15) is 0 Å². The zero-order valence-electron chi connectivity index (χ0n) is 15.4. The number of urea groups is 1. The van der Waals surface area contributed by atoms with E-state index in [4.69, 9.17) is 0 Å². The van der Waals surface area contributed by atoms with Gasteiger partial charge in [-0.15, -0.1) is 21.5 Å². The normalized spacial score (nSPS) is 11.8.